The van der Waals surface area contributed by atoms with Crippen LogP contribution in [0.5, 0.6) is 0 Å². The average molecular weight is 294 g/mol. The van der Waals surface area contributed by atoms with E-state index >= 15 is 0 Å². The summed E-state index contributed by atoms with van der Waals surface area (Å²) in [5.41, 5.74) is 5.10. The fraction of sp³-hybridized carbons (Fsp3) is 0.300. The summed E-state index contributed by atoms with van der Waals surface area (Å²) in [6, 6.07) is 4.61. The van der Waals surface area contributed by atoms with Crippen LogP contribution in [-0.4, -0.2) is 38.5 Å². The zero-order valence-corrected chi connectivity index (χ0v) is 10.4. The van der Waals surface area contributed by atoms with Crippen molar-refractivity contribution in [2.45, 2.75) is 17.4 Å². The molecule has 0 spiro atoms. The molecule has 0 saturated heterocycles. The Morgan fingerprint density at radius 1 is 1.32 bits per heavy atom. The molecule has 19 heavy (non-hydrogen) atoms. The van der Waals surface area contributed by atoms with Gasteiger partial charge in [-0.15, -0.1) is 0 Å². The zero-order valence-electron chi connectivity index (χ0n) is 9.58. The van der Waals surface area contributed by atoms with Gasteiger partial charge in [0, 0.05) is 12.1 Å². The van der Waals surface area contributed by atoms with Crippen LogP contribution in [0.3, 0.4) is 0 Å². The van der Waals surface area contributed by atoms with Gasteiger partial charge in [-0.3, -0.25) is 4.79 Å². The zero-order chi connectivity index (χ0) is 14.6. The first-order valence-corrected chi connectivity index (χ1v) is 6.58. The van der Waals surface area contributed by atoms with E-state index < -0.39 is 35.0 Å². The summed E-state index contributed by atoms with van der Waals surface area (Å²) in [6.45, 7) is -0.808. The Balaban J connectivity index is 2.80. The summed E-state index contributed by atoms with van der Waals surface area (Å²) in [6.07, 6.45) is -5.13. The lowest BCUT2D eigenvalue weighted by atomic mass is 10.2. The second kappa shape index (κ2) is 6.04. The van der Waals surface area contributed by atoms with Crippen LogP contribution >= 0.6 is 0 Å². The first-order valence-electron chi connectivity index (χ1n) is 5.10. The van der Waals surface area contributed by atoms with Crippen molar-refractivity contribution in [1.82, 2.24) is 4.72 Å². The number of alkyl halides is 2. The summed E-state index contributed by atoms with van der Waals surface area (Å²) in [5, 5.41) is 8.82. The monoisotopic (exact) mass is 294 g/mol. The van der Waals surface area contributed by atoms with Crippen LogP contribution in [0.25, 0.3) is 0 Å². The van der Waals surface area contributed by atoms with E-state index in [1.165, 1.54) is 12.1 Å². The number of hydrogen-bond donors (Lipinski definition) is 3. The number of primary amides is 1. The van der Waals surface area contributed by atoms with Crippen molar-refractivity contribution < 1.29 is 27.1 Å². The molecule has 0 aromatic heterocycles. The van der Waals surface area contributed by atoms with Gasteiger partial charge in [-0.1, -0.05) is 0 Å². The number of carbonyl (C=O) groups is 1. The molecular weight excluding hydrogens is 282 g/mol. The normalized spacial score (nSPS) is 13.5. The molecule has 0 aliphatic rings. The third kappa shape index (κ3) is 4.23. The highest BCUT2D eigenvalue weighted by atomic mass is 32.2. The maximum atomic E-state index is 12.0. The summed E-state index contributed by atoms with van der Waals surface area (Å²) in [5.74, 6) is -0.718. The standard InChI is InChI=1S/C10H12F2N2O4S/c11-9(12)8(15)5-14-19(17,18)7-3-1-6(2-4-7)10(13)16/h1-4,8-9,14-15H,5H2,(H2,13,16). The van der Waals surface area contributed by atoms with Crippen LogP contribution in [-0.2, 0) is 10.0 Å². The lowest BCUT2D eigenvalue weighted by Gasteiger charge is -2.11. The largest absolute Gasteiger partial charge is 0.386 e. The Labute approximate surface area is 108 Å². The molecule has 0 bridgehead atoms. The molecule has 9 heteroatoms. The Morgan fingerprint density at radius 3 is 2.26 bits per heavy atom. The molecule has 106 valence electrons. The van der Waals surface area contributed by atoms with E-state index in [1.807, 2.05) is 4.72 Å². The summed E-state index contributed by atoms with van der Waals surface area (Å²) in [7, 11) is -4.03. The van der Waals surface area contributed by atoms with Gasteiger partial charge in [-0.2, -0.15) is 0 Å². The van der Waals surface area contributed by atoms with Gasteiger partial charge in [0.25, 0.3) is 6.43 Å². The van der Waals surface area contributed by atoms with E-state index in [0.29, 0.717) is 0 Å². The van der Waals surface area contributed by atoms with E-state index in [4.69, 9.17) is 10.8 Å². The van der Waals surface area contributed by atoms with Gasteiger partial charge in [0.2, 0.25) is 15.9 Å². The highest BCUT2D eigenvalue weighted by Gasteiger charge is 2.21. The Hall–Kier alpha value is -1.58. The molecule has 0 saturated carbocycles. The third-order valence-electron chi connectivity index (χ3n) is 2.22. The molecule has 1 atom stereocenters. The number of aliphatic hydroxyl groups is 1. The van der Waals surface area contributed by atoms with E-state index in [1.54, 1.807) is 0 Å². The number of halogens is 2. The summed E-state index contributed by atoms with van der Waals surface area (Å²) in [4.78, 5) is 10.6. The Bertz CT molecular complexity index is 545. The van der Waals surface area contributed by atoms with Gasteiger partial charge < -0.3 is 10.8 Å². The number of aliphatic hydroxyl groups excluding tert-OH is 1. The van der Waals surface area contributed by atoms with Gasteiger partial charge in [0.15, 0.2) is 0 Å². The van der Waals surface area contributed by atoms with Crippen LogP contribution in [0.2, 0.25) is 0 Å². The molecule has 0 aliphatic carbocycles. The number of benzene rings is 1. The van der Waals surface area contributed by atoms with Crippen molar-refractivity contribution >= 4 is 15.9 Å². The lowest BCUT2D eigenvalue weighted by Crippen LogP contribution is -2.35. The SMILES string of the molecule is NC(=O)c1ccc(S(=O)(=O)NCC(O)C(F)F)cc1. The second-order valence-corrected chi connectivity index (χ2v) is 5.41. The molecule has 1 aromatic rings. The quantitative estimate of drug-likeness (QED) is 0.668. The van der Waals surface area contributed by atoms with Gasteiger partial charge in [-0.05, 0) is 24.3 Å². The highest BCUT2D eigenvalue weighted by molar-refractivity contribution is 7.89. The summed E-state index contributed by atoms with van der Waals surface area (Å²) < 4.78 is 49.2. The molecule has 4 N–H and O–H groups in total. The van der Waals surface area contributed by atoms with Crippen LogP contribution in [0.4, 0.5) is 8.78 Å². The number of hydrogen-bond acceptors (Lipinski definition) is 4. The topological polar surface area (TPSA) is 109 Å². The van der Waals surface area contributed by atoms with Gasteiger partial charge in [-0.25, -0.2) is 21.9 Å². The minimum absolute atomic E-state index is 0.117. The van der Waals surface area contributed by atoms with E-state index in [-0.39, 0.29) is 10.5 Å². The fourth-order valence-corrected chi connectivity index (χ4v) is 2.22. The molecule has 0 radical (unpaired) electrons. The first-order chi connectivity index (χ1) is 8.74. The molecule has 0 heterocycles. The fourth-order valence-electron chi connectivity index (χ4n) is 1.17. The Kier molecular flexibility index (Phi) is 4.92. The van der Waals surface area contributed by atoms with Crippen molar-refractivity contribution in [3.05, 3.63) is 29.8 Å². The van der Waals surface area contributed by atoms with Crippen LogP contribution in [0.1, 0.15) is 10.4 Å². The average Bonchev–Trinajstić information content (AvgIpc) is 2.36. The minimum Gasteiger partial charge on any atom is -0.386 e. The minimum atomic E-state index is -4.03. The molecule has 0 fully saturated rings. The molecule has 1 aromatic carbocycles. The lowest BCUT2D eigenvalue weighted by molar-refractivity contribution is -0.000452. The third-order valence-corrected chi connectivity index (χ3v) is 3.66. The molecule has 0 aliphatic heterocycles. The van der Waals surface area contributed by atoms with E-state index in [2.05, 4.69) is 0 Å². The molecule has 6 nitrogen and oxygen atoms in total. The number of carbonyl (C=O) groups excluding carboxylic acids is 1. The Morgan fingerprint density at radius 2 is 1.84 bits per heavy atom. The molecule has 1 unspecified atom stereocenters. The predicted octanol–water partition coefficient (Wildman–Crippen LogP) is -0.310. The first kappa shape index (κ1) is 15.5. The van der Waals surface area contributed by atoms with Crippen molar-refractivity contribution in [2.24, 2.45) is 5.73 Å². The smallest absolute Gasteiger partial charge is 0.265 e. The highest BCUT2D eigenvalue weighted by Crippen LogP contribution is 2.10. The number of rotatable bonds is 6. The van der Waals surface area contributed by atoms with E-state index in [9.17, 15) is 22.0 Å². The van der Waals surface area contributed by atoms with E-state index in [0.717, 1.165) is 12.1 Å². The molecule has 1 amide bonds. The van der Waals surface area contributed by atoms with Gasteiger partial charge in [0.1, 0.15) is 6.10 Å². The molecular formula is C10H12F2N2O4S. The van der Waals surface area contributed by atoms with Crippen LogP contribution in [0.15, 0.2) is 29.2 Å². The van der Waals surface area contributed by atoms with Crippen LogP contribution < -0.4 is 10.5 Å². The van der Waals surface area contributed by atoms with Crippen molar-refractivity contribution in [2.75, 3.05) is 6.54 Å². The number of sulfonamides is 1. The number of nitrogens with two attached hydrogens (primary N) is 1. The number of nitrogens with one attached hydrogen (secondary N) is 1. The maximum absolute atomic E-state index is 12.0. The van der Waals surface area contributed by atoms with Gasteiger partial charge in [0.05, 0.1) is 4.90 Å². The van der Waals surface area contributed by atoms with Crippen molar-refractivity contribution in [3.8, 4) is 0 Å². The number of amides is 1. The van der Waals surface area contributed by atoms with Crippen molar-refractivity contribution in [1.29, 1.82) is 0 Å². The predicted molar refractivity (Wildman–Crippen MR) is 62.2 cm³/mol. The maximum Gasteiger partial charge on any atom is 0.265 e. The summed E-state index contributed by atoms with van der Waals surface area (Å²) >= 11 is 0. The van der Waals surface area contributed by atoms with Crippen molar-refractivity contribution in [3.63, 3.8) is 0 Å². The van der Waals surface area contributed by atoms with Gasteiger partial charge >= 0.3 is 0 Å². The molecule has 1 rings (SSSR count). The second-order valence-electron chi connectivity index (χ2n) is 3.64. The van der Waals surface area contributed by atoms with Crippen LogP contribution in [0, 0.1) is 0 Å².